The second-order valence-corrected chi connectivity index (χ2v) is 6.36. The molecule has 0 bridgehead atoms. The monoisotopic (exact) mass is 362 g/mol. The first-order valence-corrected chi connectivity index (χ1v) is 8.02. The number of rotatable bonds is 3. The first-order valence-electron chi connectivity index (χ1n) is 7.21. The van der Waals surface area contributed by atoms with E-state index in [0.29, 0.717) is 11.6 Å². The molecule has 0 aliphatic rings. The molecule has 0 atom stereocenters. The molecule has 5 nitrogen and oxygen atoms in total. The third kappa shape index (κ3) is 3.48. The van der Waals surface area contributed by atoms with Crippen molar-refractivity contribution in [2.75, 3.05) is 0 Å². The SMILES string of the molecule is Cc1ccc(C(=O)/N=c2\sc3c(F)cc(F)cc3n2CC(=O)O)cc1. The Kier molecular flexibility index (Phi) is 4.45. The number of halogens is 2. The Morgan fingerprint density at radius 3 is 2.52 bits per heavy atom. The molecule has 1 amide bonds. The van der Waals surface area contributed by atoms with Crippen LogP contribution >= 0.6 is 11.3 Å². The zero-order valence-electron chi connectivity index (χ0n) is 13.0. The van der Waals surface area contributed by atoms with Crippen LogP contribution in [0.3, 0.4) is 0 Å². The lowest BCUT2D eigenvalue weighted by molar-refractivity contribution is -0.137. The van der Waals surface area contributed by atoms with E-state index >= 15 is 0 Å². The average Bonchev–Trinajstić information content (AvgIpc) is 2.85. The van der Waals surface area contributed by atoms with Crippen molar-refractivity contribution in [2.24, 2.45) is 4.99 Å². The van der Waals surface area contributed by atoms with Crippen molar-refractivity contribution in [3.05, 3.63) is 64.0 Å². The summed E-state index contributed by atoms with van der Waals surface area (Å²) < 4.78 is 28.6. The number of aryl methyl sites for hydroxylation is 1. The lowest BCUT2D eigenvalue weighted by Crippen LogP contribution is -2.21. The van der Waals surface area contributed by atoms with Gasteiger partial charge in [0.25, 0.3) is 5.91 Å². The summed E-state index contributed by atoms with van der Waals surface area (Å²) in [6, 6.07) is 8.40. The van der Waals surface area contributed by atoms with Crippen molar-refractivity contribution >= 4 is 33.4 Å². The molecule has 0 spiro atoms. The van der Waals surface area contributed by atoms with Crippen LogP contribution < -0.4 is 4.80 Å². The molecule has 3 rings (SSSR count). The molecule has 8 heteroatoms. The van der Waals surface area contributed by atoms with Crippen LogP contribution in [0.25, 0.3) is 10.2 Å². The highest BCUT2D eigenvalue weighted by molar-refractivity contribution is 7.16. The number of nitrogens with zero attached hydrogens (tertiary/aromatic N) is 2. The van der Waals surface area contributed by atoms with Crippen molar-refractivity contribution < 1.29 is 23.5 Å². The molecule has 0 saturated heterocycles. The number of hydrogen-bond donors (Lipinski definition) is 1. The minimum Gasteiger partial charge on any atom is -0.480 e. The van der Waals surface area contributed by atoms with Gasteiger partial charge >= 0.3 is 5.97 Å². The van der Waals surface area contributed by atoms with Gasteiger partial charge in [-0.3, -0.25) is 9.59 Å². The highest BCUT2D eigenvalue weighted by atomic mass is 32.1. The molecule has 1 aromatic heterocycles. The zero-order chi connectivity index (χ0) is 18.1. The molecule has 2 aromatic carbocycles. The van der Waals surface area contributed by atoms with Gasteiger partial charge in [0.2, 0.25) is 0 Å². The lowest BCUT2D eigenvalue weighted by atomic mass is 10.1. The van der Waals surface area contributed by atoms with E-state index in [-0.39, 0.29) is 15.0 Å². The number of thiazole rings is 1. The second-order valence-electron chi connectivity index (χ2n) is 5.38. The van der Waals surface area contributed by atoms with Crippen LogP contribution in [0.2, 0.25) is 0 Å². The molecule has 0 unspecified atom stereocenters. The fraction of sp³-hybridized carbons (Fsp3) is 0.118. The van der Waals surface area contributed by atoms with E-state index in [1.165, 1.54) is 0 Å². The van der Waals surface area contributed by atoms with Crippen molar-refractivity contribution in [1.29, 1.82) is 0 Å². The van der Waals surface area contributed by atoms with Crippen LogP contribution in [0.4, 0.5) is 8.78 Å². The van der Waals surface area contributed by atoms with Crippen LogP contribution in [-0.4, -0.2) is 21.6 Å². The molecular weight excluding hydrogens is 350 g/mol. The number of benzene rings is 2. The predicted octanol–water partition coefficient (Wildman–Crippen LogP) is 3.12. The van der Waals surface area contributed by atoms with Crippen molar-refractivity contribution in [1.82, 2.24) is 4.57 Å². The van der Waals surface area contributed by atoms with Gasteiger partial charge in [-0.05, 0) is 25.1 Å². The summed E-state index contributed by atoms with van der Waals surface area (Å²) in [6.07, 6.45) is 0. The molecule has 0 fully saturated rings. The Balaban J connectivity index is 2.20. The molecule has 1 N–H and O–H groups in total. The fourth-order valence-corrected chi connectivity index (χ4v) is 3.33. The Morgan fingerprint density at radius 1 is 1.20 bits per heavy atom. The van der Waals surface area contributed by atoms with Crippen molar-refractivity contribution in [3.8, 4) is 0 Å². The van der Waals surface area contributed by atoms with Gasteiger partial charge in [0.1, 0.15) is 18.2 Å². The molecule has 0 aliphatic carbocycles. The third-order valence-corrected chi connectivity index (χ3v) is 4.60. The fourth-order valence-electron chi connectivity index (χ4n) is 2.32. The van der Waals surface area contributed by atoms with Gasteiger partial charge < -0.3 is 9.67 Å². The lowest BCUT2D eigenvalue weighted by Gasteiger charge is -2.02. The van der Waals surface area contributed by atoms with Gasteiger partial charge in [-0.2, -0.15) is 4.99 Å². The van der Waals surface area contributed by atoms with Crippen LogP contribution in [0.5, 0.6) is 0 Å². The number of carboxylic acid groups (broad SMARTS) is 1. The summed E-state index contributed by atoms with van der Waals surface area (Å²) >= 11 is 0.798. The van der Waals surface area contributed by atoms with Gasteiger partial charge in [-0.15, -0.1) is 0 Å². The normalized spacial score (nSPS) is 11.9. The highest BCUT2D eigenvalue weighted by Gasteiger charge is 2.15. The van der Waals surface area contributed by atoms with E-state index in [1.807, 2.05) is 6.92 Å². The van der Waals surface area contributed by atoms with Crippen LogP contribution in [0.1, 0.15) is 15.9 Å². The molecule has 0 radical (unpaired) electrons. The topological polar surface area (TPSA) is 71.7 Å². The molecule has 3 aromatic rings. The summed E-state index contributed by atoms with van der Waals surface area (Å²) in [7, 11) is 0. The number of aliphatic carboxylic acids is 1. The molecule has 128 valence electrons. The minimum absolute atomic E-state index is 0.00697. The smallest absolute Gasteiger partial charge is 0.323 e. The maximum Gasteiger partial charge on any atom is 0.323 e. The van der Waals surface area contributed by atoms with Crippen molar-refractivity contribution in [2.45, 2.75) is 13.5 Å². The third-order valence-electron chi connectivity index (χ3n) is 3.49. The largest absolute Gasteiger partial charge is 0.480 e. The van der Waals surface area contributed by atoms with E-state index < -0.39 is 30.1 Å². The van der Waals surface area contributed by atoms with Crippen LogP contribution in [0, 0.1) is 18.6 Å². The predicted molar refractivity (Wildman–Crippen MR) is 88.4 cm³/mol. The minimum atomic E-state index is -1.21. The number of aromatic nitrogens is 1. The number of carbonyl (C=O) groups is 2. The summed E-state index contributed by atoms with van der Waals surface area (Å²) in [5.41, 5.74) is 1.33. The molecular formula is C17H12F2N2O3S. The van der Waals surface area contributed by atoms with E-state index in [2.05, 4.69) is 4.99 Å². The van der Waals surface area contributed by atoms with Gasteiger partial charge in [-0.25, -0.2) is 8.78 Å². The summed E-state index contributed by atoms with van der Waals surface area (Å²) in [4.78, 5) is 27.3. The number of amides is 1. The molecule has 0 aliphatic heterocycles. The standard InChI is InChI=1S/C17H12F2N2O3S/c1-9-2-4-10(5-3-9)16(24)20-17-21(8-14(22)23)13-7-11(18)6-12(19)15(13)25-17/h2-7H,8H2,1H3,(H,22,23)/b20-17-. The van der Waals surface area contributed by atoms with Crippen LogP contribution in [0.15, 0.2) is 41.4 Å². The quantitative estimate of drug-likeness (QED) is 0.778. The van der Waals surface area contributed by atoms with E-state index in [1.54, 1.807) is 24.3 Å². The Hall–Kier alpha value is -2.87. The van der Waals surface area contributed by atoms with Gasteiger partial charge in [0.05, 0.1) is 10.2 Å². The average molecular weight is 362 g/mol. The van der Waals surface area contributed by atoms with E-state index in [9.17, 15) is 18.4 Å². The summed E-state index contributed by atoms with van der Waals surface area (Å²) in [6.45, 7) is 1.30. The second kappa shape index (κ2) is 6.56. The zero-order valence-corrected chi connectivity index (χ0v) is 13.8. The number of carboxylic acids is 1. The Labute approximate surface area is 144 Å². The Bertz CT molecular complexity index is 1050. The molecule has 0 saturated carbocycles. The van der Waals surface area contributed by atoms with E-state index in [4.69, 9.17) is 5.11 Å². The first kappa shape index (κ1) is 17.0. The van der Waals surface area contributed by atoms with Gasteiger partial charge in [0.15, 0.2) is 4.80 Å². The summed E-state index contributed by atoms with van der Waals surface area (Å²) in [5, 5.41) is 9.06. The van der Waals surface area contributed by atoms with Gasteiger partial charge in [-0.1, -0.05) is 29.0 Å². The van der Waals surface area contributed by atoms with E-state index in [0.717, 1.165) is 27.5 Å². The number of carbonyl (C=O) groups excluding carboxylic acids is 1. The first-order chi connectivity index (χ1) is 11.8. The van der Waals surface area contributed by atoms with Gasteiger partial charge in [0, 0.05) is 11.6 Å². The molecule has 25 heavy (non-hydrogen) atoms. The summed E-state index contributed by atoms with van der Waals surface area (Å²) in [5.74, 6) is -3.47. The Morgan fingerprint density at radius 2 is 1.88 bits per heavy atom. The highest BCUT2D eigenvalue weighted by Crippen LogP contribution is 2.22. The maximum atomic E-state index is 14.0. The van der Waals surface area contributed by atoms with Crippen LogP contribution in [-0.2, 0) is 11.3 Å². The molecule has 1 heterocycles. The maximum absolute atomic E-state index is 14.0. The number of hydrogen-bond acceptors (Lipinski definition) is 3. The van der Waals surface area contributed by atoms with Crippen molar-refractivity contribution in [3.63, 3.8) is 0 Å². The number of fused-ring (bicyclic) bond motifs is 1.